The van der Waals surface area contributed by atoms with Gasteiger partial charge in [-0.1, -0.05) is 6.07 Å². The first-order valence-electron chi connectivity index (χ1n) is 9.05. The molecule has 0 aromatic carbocycles. The summed E-state index contributed by atoms with van der Waals surface area (Å²) < 4.78 is 0. The second-order valence-electron chi connectivity index (χ2n) is 6.79. The summed E-state index contributed by atoms with van der Waals surface area (Å²) in [5, 5.41) is 0. The van der Waals surface area contributed by atoms with Crippen LogP contribution in [-0.4, -0.2) is 45.4 Å². The molecule has 2 aromatic heterocycles. The lowest BCUT2D eigenvalue weighted by molar-refractivity contribution is -0.136. The van der Waals surface area contributed by atoms with Gasteiger partial charge in [-0.25, -0.2) is 4.98 Å². The number of aromatic nitrogens is 3. The van der Waals surface area contributed by atoms with Crippen molar-refractivity contribution in [3.63, 3.8) is 0 Å². The molecule has 2 aromatic rings. The van der Waals surface area contributed by atoms with Crippen molar-refractivity contribution >= 4 is 11.7 Å². The van der Waals surface area contributed by atoms with Gasteiger partial charge in [0.15, 0.2) is 0 Å². The maximum absolute atomic E-state index is 13.2. The van der Waals surface area contributed by atoms with Crippen LogP contribution in [-0.2, 0) is 4.79 Å². The minimum absolute atomic E-state index is 0.0278. The van der Waals surface area contributed by atoms with E-state index in [0.29, 0.717) is 0 Å². The highest BCUT2D eigenvalue weighted by molar-refractivity contribution is 5.80. The molecular weight excluding hydrogens is 314 g/mol. The molecule has 6 heteroatoms. The summed E-state index contributed by atoms with van der Waals surface area (Å²) >= 11 is 0. The third kappa shape index (κ3) is 3.34. The zero-order chi connectivity index (χ0) is 17.1. The van der Waals surface area contributed by atoms with Crippen LogP contribution >= 0.6 is 0 Å². The zero-order valence-electron chi connectivity index (χ0n) is 14.3. The largest absolute Gasteiger partial charge is 0.355 e. The fraction of sp³-hybridized carbons (Fsp3) is 0.474. The predicted molar refractivity (Wildman–Crippen MR) is 94.9 cm³/mol. The molecule has 6 nitrogen and oxygen atoms in total. The van der Waals surface area contributed by atoms with Crippen molar-refractivity contribution in [1.82, 2.24) is 19.9 Å². The maximum atomic E-state index is 13.2. The van der Waals surface area contributed by atoms with E-state index < -0.39 is 0 Å². The quantitative estimate of drug-likeness (QED) is 0.861. The summed E-state index contributed by atoms with van der Waals surface area (Å²) in [6.45, 7) is 2.50. The van der Waals surface area contributed by atoms with Crippen molar-refractivity contribution in [2.24, 2.45) is 5.92 Å². The van der Waals surface area contributed by atoms with E-state index in [1.165, 1.54) is 0 Å². The molecule has 0 bridgehead atoms. The van der Waals surface area contributed by atoms with Gasteiger partial charge in [0, 0.05) is 38.2 Å². The molecule has 1 amide bonds. The molecule has 2 aliphatic heterocycles. The second kappa shape index (κ2) is 7.17. The van der Waals surface area contributed by atoms with Gasteiger partial charge >= 0.3 is 0 Å². The van der Waals surface area contributed by atoms with Crippen LogP contribution in [0.3, 0.4) is 0 Å². The standard InChI is InChI=1S/C19H23N5O/c25-19(24-12-4-7-17(24)16-6-1-2-8-21-16)15-5-3-11-23(14-15)18-13-20-9-10-22-18/h1-2,6,8-10,13,15,17H,3-5,7,11-12,14H2/t15-,17-/m1/s1. The van der Waals surface area contributed by atoms with Crippen LogP contribution in [0.15, 0.2) is 43.0 Å². The molecule has 2 atom stereocenters. The van der Waals surface area contributed by atoms with Gasteiger partial charge in [-0.05, 0) is 37.8 Å². The van der Waals surface area contributed by atoms with Crippen LogP contribution in [0, 0.1) is 5.92 Å². The number of rotatable bonds is 3. The van der Waals surface area contributed by atoms with E-state index in [1.54, 1.807) is 18.6 Å². The van der Waals surface area contributed by atoms with Crippen molar-refractivity contribution in [1.29, 1.82) is 0 Å². The number of hydrogen-bond acceptors (Lipinski definition) is 5. The summed E-state index contributed by atoms with van der Waals surface area (Å²) in [5.41, 5.74) is 1.01. The average Bonchev–Trinajstić information content (AvgIpc) is 3.19. The van der Waals surface area contributed by atoms with Gasteiger partial charge in [0.2, 0.25) is 5.91 Å². The molecular formula is C19H23N5O. The topological polar surface area (TPSA) is 62.2 Å². The average molecular weight is 337 g/mol. The SMILES string of the molecule is O=C([C@@H]1CCCN(c2cnccn2)C1)N1CCC[C@@H]1c1ccccn1. The van der Waals surface area contributed by atoms with Crippen LogP contribution < -0.4 is 4.90 Å². The van der Waals surface area contributed by atoms with Crippen LogP contribution in [0.25, 0.3) is 0 Å². The lowest BCUT2D eigenvalue weighted by Gasteiger charge is -2.36. The Bertz CT molecular complexity index is 708. The number of piperidine rings is 1. The Labute approximate surface area is 147 Å². The number of anilines is 1. The van der Waals surface area contributed by atoms with Gasteiger partial charge in [-0.3, -0.25) is 14.8 Å². The lowest BCUT2D eigenvalue weighted by atomic mass is 9.96. The molecule has 0 spiro atoms. The zero-order valence-corrected chi connectivity index (χ0v) is 14.3. The Morgan fingerprint density at radius 1 is 1.04 bits per heavy atom. The van der Waals surface area contributed by atoms with Gasteiger partial charge in [-0.2, -0.15) is 0 Å². The highest BCUT2D eigenvalue weighted by Gasteiger charge is 2.36. The van der Waals surface area contributed by atoms with Gasteiger partial charge < -0.3 is 9.80 Å². The minimum atomic E-state index is 0.0278. The fourth-order valence-corrected chi connectivity index (χ4v) is 3.99. The lowest BCUT2D eigenvalue weighted by Crippen LogP contribution is -2.45. The Kier molecular flexibility index (Phi) is 4.59. The van der Waals surface area contributed by atoms with Gasteiger partial charge in [0.25, 0.3) is 0 Å². The number of amides is 1. The number of likely N-dealkylation sites (tertiary alicyclic amines) is 1. The van der Waals surface area contributed by atoms with Crippen LogP contribution in [0.2, 0.25) is 0 Å². The fourth-order valence-electron chi connectivity index (χ4n) is 3.99. The van der Waals surface area contributed by atoms with E-state index >= 15 is 0 Å². The first kappa shape index (κ1) is 16.0. The van der Waals surface area contributed by atoms with E-state index in [-0.39, 0.29) is 17.9 Å². The highest BCUT2D eigenvalue weighted by atomic mass is 16.2. The number of carbonyl (C=O) groups excluding carboxylic acids is 1. The first-order chi connectivity index (χ1) is 12.3. The molecule has 2 fully saturated rings. The normalized spacial score (nSPS) is 23.7. The summed E-state index contributed by atoms with van der Waals surface area (Å²) in [5.74, 6) is 1.16. The monoisotopic (exact) mass is 337 g/mol. The Morgan fingerprint density at radius 3 is 2.76 bits per heavy atom. The maximum Gasteiger partial charge on any atom is 0.228 e. The van der Waals surface area contributed by atoms with Gasteiger partial charge in [-0.15, -0.1) is 0 Å². The summed E-state index contributed by atoms with van der Waals surface area (Å²) in [6, 6.07) is 6.08. The minimum Gasteiger partial charge on any atom is -0.355 e. The van der Waals surface area contributed by atoms with E-state index in [4.69, 9.17) is 0 Å². The number of carbonyl (C=O) groups is 1. The molecule has 130 valence electrons. The van der Waals surface area contributed by atoms with Crippen molar-refractivity contribution < 1.29 is 4.79 Å². The summed E-state index contributed by atoms with van der Waals surface area (Å²) in [6.07, 6.45) is 11.0. The molecule has 0 aliphatic carbocycles. The predicted octanol–water partition coefficient (Wildman–Crippen LogP) is 2.45. The van der Waals surface area contributed by atoms with Crippen molar-refractivity contribution in [2.45, 2.75) is 31.7 Å². The van der Waals surface area contributed by atoms with Crippen LogP contribution in [0.4, 0.5) is 5.82 Å². The van der Waals surface area contributed by atoms with E-state index in [0.717, 1.165) is 56.8 Å². The highest BCUT2D eigenvalue weighted by Crippen LogP contribution is 2.33. The van der Waals surface area contributed by atoms with Gasteiger partial charge in [0.1, 0.15) is 5.82 Å². The molecule has 0 saturated carbocycles. The van der Waals surface area contributed by atoms with Crippen molar-refractivity contribution in [2.75, 3.05) is 24.5 Å². The second-order valence-corrected chi connectivity index (χ2v) is 6.79. The Morgan fingerprint density at radius 2 is 1.96 bits per heavy atom. The number of hydrogen-bond donors (Lipinski definition) is 0. The van der Waals surface area contributed by atoms with Gasteiger partial charge in [0.05, 0.1) is 23.9 Å². The Balaban J connectivity index is 1.48. The van der Waals surface area contributed by atoms with Crippen molar-refractivity contribution in [3.8, 4) is 0 Å². The summed E-state index contributed by atoms with van der Waals surface area (Å²) in [4.78, 5) is 30.4. The number of pyridine rings is 1. The first-order valence-corrected chi connectivity index (χ1v) is 9.05. The molecule has 4 rings (SSSR count). The molecule has 2 aliphatic rings. The molecule has 4 heterocycles. The van der Waals surface area contributed by atoms with Crippen LogP contribution in [0.1, 0.15) is 37.4 Å². The third-order valence-electron chi connectivity index (χ3n) is 5.21. The van der Waals surface area contributed by atoms with E-state index in [9.17, 15) is 4.79 Å². The smallest absolute Gasteiger partial charge is 0.228 e. The van der Waals surface area contributed by atoms with E-state index in [2.05, 4.69) is 19.9 Å². The molecule has 25 heavy (non-hydrogen) atoms. The summed E-state index contributed by atoms with van der Waals surface area (Å²) in [7, 11) is 0. The molecule has 0 radical (unpaired) electrons. The van der Waals surface area contributed by atoms with Crippen LogP contribution in [0.5, 0.6) is 0 Å². The molecule has 2 saturated heterocycles. The van der Waals surface area contributed by atoms with E-state index in [1.807, 2.05) is 29.3 Å². The molecule has 0 N–H and O–H groups in total. The number of nitrogens with zero attached hydrogens (tertiary/aromatic N) is 5. The Hall–Kier alpha value is -2.50. The third-order valence-corrected chi connectivity index (χ3v) is 5.21. The molecule has 0 unspecified atom stereocenters. The van der Waals surface area contributed by atoms with Crippen molar-refractivity contribution in [3.05, 3.63) is 48.7 Å².